The SMILES string of the molecule is O=S([O-])Cc1ccc2ncnc(Cl)c2c1. The molecule has 0 aliphatic carbocycles. The molecule has 2 rings (SSSR count). The van der Waals surface area contributed by atoms with Gasteiger partial charge in [0.25, 0.3) is 0 Å². The summed E-state index contributed by atoms with van der Waals surface area (Å²) >= 11 is 3.76. The van der Waals surface area contributed by atoms with Crippen LogP contribution in [0.1, 0.15) is 5.56 Å². The number of aromatic nitrogens is 2. The fourth-order valence-corrected chi connectivity index (χ4v) is 1.94. The number of halogens is 1. The lowest BCUT2D eigenvalue weighted by molar-refractivity contribution is 0.536. The van der Waals surface area contributed by atoms with Crippen LogP contribution in [0.5, 0.6) is 0 Å². The van der Waals surface area contributed by atoms with E-state index in [1.807, 2.05) is 0 Å². The van der Waals surface area contributed by atoms with Gasteiger partial charge < -0.3 is 4.55 Å². The molecule has 0 amide bonds. The molecule has 4 nitrogen and oxygen atoms in total. The second-order valence-electron chi connectivity index (χ2n) is 2.96. The first-order valence-electron chi connectivity index (χ1n) is 4.12. The lowest BCUT2D eigenvalue weighted by Gasteiger charge is -2.06. The molecule has 0 bridgehead atoms. The Hall–Kier alpha value is -1.04. The smallest absolute Gasteiger partial charge is 0.140 e. The second kappa shape index (κ2) is 4.22. The highest BCUT2D eigenvalue weighted by molar-refractivity contribution is 7.78. The highest BCUT2D eigenvalue weighted by Crippen LogP contribution is 2.20. The van der Waals surface area contributed by atoms with Crippen molar-refractivity contribution in [3.8, 4) is 0 Å². The van der Waals surface area contributed by atoms with Gasteiger partial charge in [0.15, 0.2) is 0 Å². The predicted octanol–water partition coefficient (Wildman–Crippen LogP) is 1.66. The van der Waals surface area contributed by atoms with Crippen molar-refractivity contribution >= 4 is 33.6 Å². The summed E-state index contributed by atoms with van der Waals surface area (Å²) in [7, 11) is 0. The summed E-state index contributed by atoms with van der Waals surface area (Å²) in [4.78, 5) is 7.84. The third kappa shape index (κ3) is 2.31. The third-order valence-corrected chi connectivity index (χ3v) is 2.81. The molecule has 0 saturated carbocycles. The highest BCUT2D eigenvalue weighted by Gasteiger charge is 2.02. The molecule has 1 unspecified atom stereocenters. The zero-order valence-electron chi connectivity index (χ0n) is 7.51. The van der Waals surface area contributed by atoms with Gasteiger partial charge in [-0.05, 0) is 17.7 Å². The van der Waals surface area contributed by atoms with E-state index in [2.05, 4.69) is 9.97 Å². The van der Waals surface area contributed by atoms with Crippen molar-refractivity contribution in [2.45, 2.75) is 5.75 Å². The van der Waals surface area contributed by atoms with Crippen LogP contribution in [-0.2, 0) is 16.8 Å². The van der Waals surface area contributed by atoms with E-state index in [9.17, 15) is 8.76 Å². The zero-order valence-corrected chi connectivity index (χ0v) is 9.09. The number of benzene rings is 1. The van der Waals surface area contributed by atoms with E-state index in [-0.39, 0.29) is 5.75 Å². The Morgan fingerprint density at radius 2 is 2.20 bits per heavy atom. The molecule has 0 radical (unpaired) electrons. The van der Waals surface area contributed by atoms with E-state index in [0.717, 1.165) is 0 Å². The first kappa shape index (κ1) is 10.5. The van der Waals surface area contributed by atoms with Gasteiger partial charge in [0, 0.05) is 11.1 Å². The molecule has 1 aromatic carbocycles. The largest absolute Gasteiger partial charge is 0.772 e. The standard InChI is InChI=1S/C9H7ClN2O2S/c10-9-7-3-6(4-15(13)14)1-2-8(7)11-5-12-9/h1-3,5H,4H2,(H,13,14)/p-1. The number of hydrogen-bond donors (Lipinski definition) is 0. The van der Waals surface area contributed by atoms with Crippen molar-refractivity contribution in [1.82, 2.24) is 9.97 Å². The monoisotopic (exact) mass is 241 g/mol. The van der Waals surface area contributed by atoms with E-state index in [1.165, 1.54) is 6.33 Å². The lowest BCUT2D eigenvalue weighted by atomic mass is 10.2. The fourth-order valence-electron chi connectivity index (χ4n) is 1.30. The highest BCUT2D eigenvalue weighted by atomic mass is 35.5. The molecule has 1 atom stereocenters. The Balaban J connectivity index is 2.54. The molecule has 15 heavy (non-hydrogen) atoms. The molecule has 0 aliphatic rings. The van der Waals surface area contributed by atoms with Crippen molar-refractivity contribution in [2.24, 2.45) is 0 Å². The summed E-state index contributed by atoms with van der Waals surface area (Å²) in [5, 5.41) is 1.00. The van der Waals surface area contributed by atoms with Crippen molar-refractivity contribution < 1.29 is 8.76 Å². The average molecular weight is 242 g/mol. The van der Waals surface area contributed by atoms with E-state index < -0.39 is 11.1 Å². The summed E-state index contributed by atoms with van der Waals surface area (Å²) in [5.74, 6) is -0.0266. The van der Waals surface area contributed by atoms with Gasteiger partial charge >= 0.3 is 0 Å². The minimum absolute atomic E-state index is 0.0266. The van der Waals surface area contributed by atoms with Gasteiger partial charge in [-0.2, -0.15) is 0 Å². The number of rotatable bonds is 2. The Morgan fingerprint density at radius 1 is 1.40 bits per heavy atom. The molecule has 0 fully saturated rings. The second-order valence-corrected chi connectivity index (χ2v) is 4.22. The van der Waals surface area contributed by atoms with Gasteiger partial charge in [0.1, 0.15) is 11.5 Å². The topological polar surface area (TPSA) is 65.9 Å². The molecule has 1 aromatic heterocycles. The van der Waals surface area contributed by atoms with E-state index in [4.69, 9.17) is 11.6 Å². The molecule has 2 aromatic rings. The zero-order chi connectivity index (χ0) is 10.8. The van der Waals surface area contributed by atoms with Crippen molar-refractivity contribution in [1.29, 1.82) is 0 Å². The van der Waals surface area contributed by atoms with Crippen molar-refractivity contribution in [2.75, 3.05) is 0 Å². The maximum atomic E-state index is 10.5. The molecular formula is C9H6ClN2O2S-. The van der Waals surface area contributed by atoms with Crippen LogP contribution in [0.3, 0.4) is 0 Å². The van der Waals surface area contributed by atoms with Gasteiger partial charge in [0.2, 0.25) is 0 Å². The number of fused-ring (bicyclic) bond motifs is 1. The Morgan fingerprint density at radius 3 is 2.93 bits per heavy atom. The van der Waals surface area contributed by atoms with Gasteiger partial charge in [-0.15, -0.1) is 0 Å². The molecular weight excluding hydrogens is 236 g/mol. The normalized spacial score (nSPS) is 12.9. The Bertz CT molecular complexity index is 533. The van der Waals surface area contributed by atoms with Crippen molar-refractivity contribution in [3.05, 3.63) is 35.2 Å². The molecule has 0 saturated heterocycles. The molecule has 78 valence electrons. The van der Waals surface area contributed by atoms with E-state index >= 15 is 0 Å². The number of nitrogens with zero attached hydrogens (tertiary/aromatic N) is 2. The van der Waals surface area contributed by atoms with Crippen LogP contribution < -0.4 is 0 Å². The van der Waals surface area contributed by atoms with Crippen LogP contribution in [0.2, 0.25) is 5.15 Å². The summed E-state index contributed by atoms with van der Waals surface area (Å²) in [5.41, 5.74) is 1.38. The minimum Gasteiger partial charge on any atom is -0.772 e. The van der Waals surface area contributed by atoms with Crippen LogP contribution in [0.15, 0.2) is 24.5 Å². The molecule has 0 N–H and O–H groups in total. The van der Waals surface area contributed by atoms with Crippen LogP contribution in [-0.4, -0.2) is 18.7 Å². The van der Waals surface area contributed by atoms with Gasteiger partial charge in [-0.3, -0.25) is 4.21 Å². The average Bonchev–Trinajstić information content (AvgIpc) is 2.18. The summed E-state index contributed by atoms with van der Waals surface area (Å²) in [6, 6.07) is 5.13. The Kier molecular flexibility index (Phi) is 2.95. The Labute approximate surface area is 93.6 Å². The third-order valence-electron chi connectivity index (χ3n) is 1.94. The maximum Gasteiger partial charge on any atom is 0.140 e. The van der Waals surface area contributed by atoms with E-state index in [0.29, 0.717) is 21.6 Å². The van der Waals surface area contributed by atoms with Crippen LogP contribution in [0.4, 0.5) is 0 Å². The maximum absolute atomic E-state index is 10.5. The van der Waals surface area contributed by atoms with E-state index in [1.54, 1.807) is 18.2 Å². The summed E-state index contributed by atoms with van der Waals surface area (Å²) in [6.45, 7) is 0. The van der Waals surface area contributed by atoms with Crippen LogP contribution in [0, 0.1) is 0 Å². The fraction of sp³-hybridized carbons (Fsp3) is 0.111. The van der Waals surface area contributed by atoms with Gasteiger partial charge in [-0.25, -0.2) is 9.97 Å². The first-order valence-corrected chi connectivity index (χ1v) is 5.74. The van der Waals surface area contributed by atoms with Gasteiger partial charge in [-0.1, -0.05) is 28.7 Å². The van der Waals surface area contributed by atoms with Crippen LogP contribution in [0.25, 0.3) is 10.9 Å². The van der Waals surface area contributed by atoms with Crippen LogP contribution >= 0.6 is 11.6 Å². The summed E-state index contributed by atoms with van der Waals surface area (Å²) in [6.07, 6.45) is 1.37. The van der Waals surface area contributed by atoms with Crippen molar-refractivity contribution in [3.63, 3.8) is 0 Å². The quantitative estimate of drug-likeness (QED) is 0.593. The lowest BCUT2D eigenvalue weighted by Crippen LogP contribution is -1.94. The molecule has 0 aliphatic heterocycles. The van der Waals surface area contributed by atoms with Gasteiger partial charge in [0.05, 0.1) is 5.52 Å². The minimum atomic E-state index is -2.10. The predicted molar refractivity (Wildman–Crippen MR) is 57.2 cm³/mol. The summed E-state index contributed by atoms with van der Waals surface area (Å²) < 4.78 is 21.1. The number of hydrogen-bond acceptors (Lipinski definition) is 4. The molecule has 0 spiro atoms. The molecule has 1 heterocycles. The molecule has 6 heteroatoms. The first-order chi connectivity index (χ1) is 7.16.